The molecule has 0 radical (unpaired) electrons. The lowest BCUT2D eigenvalue weighted by Gasteiger charge is -2.39. The molecule has 7 heteroatoms. The van der Waals surface area contributed by atoms with Crippen LogP contribution >= 0.6 is 0 Å². The smallest absolute Gasteiger partial charge is 0.261 e. The van der Waals surface area contributed by atoms with Crippen LogP contribution in [0.2, 0.25) is 0 Å². The van der Waals surface area contributed by atoms with Crippen LogP contribution in [0.3, 0.4) is 0 Å². The molecule has 148 valence electrons. The molecule has 0 spiro atoms. The van der Waals surface area contributed by atoms with Gasteiger partial charge in [0.2, 0.25) is 0 Å². The van der Waals surface area contributed by atoms with Gasteiger partial charge in [-0.05, 0) is 37.1 Å². The highest BCUT2D eigenvalue weighted by Crippen LogP contribution is 2.39. The second-order valence-electron chi connectivity index (χ2n) is 7.37. The standard InChI is InChI=1S/C22H21N3O4/c26-20(14-27-16-6-2-1-3-7-16)25-12-17(13-25)28-19-9-5-4-8-18(19)22-23-21(24-29-22)15-10-11-15/h1-9,15,17H,10-14H2. The van der Waals surface area contributed by atoms with Gasteiger partial charge in [-0.1, -0.05) is 35.5 Å². The zero-order valence-electron chi connectivity index (χ0n) is 15.9. The summed E-state index contributed by atoms with van der Waals surface area (Å²) < 4.78 is 17.1. The molecule has 1 saturated heterocycles. The zero-order valence-corrected chi connectivity index (χ0v) is 15.9. The number of amides is 1. The monoisotopic (exact) mass is 391 g/mol. The lowest BCUT2D eigenvalue weighted by atomic mass is 10.1. The highest BCUT2D eigenvalue weighted by atomic mass is 16.5. The molecule has 29 heavy (non-hydrogen) atoms. The van der Waals surface area contributed by atoms with Crippen LogP contribution in [0.15, 0.2) is 59.1 Å². The zero-order chi connectivity index (χ0) is 19.6. The Labute approximate surface area is 168 Å². The van der Waals surface area contributed by atoms with Crippen LogP contribution in [0.25, 0.3) is 11.5 Å². The van der Waals surface area contributed by atoms with Gasteiger partial charge in [-0.3, -0.25) is 4.79 Å². The number of hydrogen-bond donors (Lipinski definition) is 0. The average Bonchev–Trinajstić information content (AvgIpc) is 3.46. The number of para-hydroxylation sites is 2. The van der Waals surface area contributed by atoms with Crippen molar-refractivity contribution in [3.8, 4) is 23.0 Å². The maximum Gasteiger partial charge on any atom is 0.261 e. The molecule has 2 heterocycles. The number of carbonyl (C=O) groups excluding carboxylic acids is 1. The molecule has 0 bridgehead atoms. The molecule has 1 aromatic heterocycles. The molecule has 7 nitrogen and oxygen atoms in total. The van der Waals surface area contributed by atoms with E-state index in [9.17, 15) is 4.79 Å². The van der Waals surface area contributed by atoms with Crippen molar-refractivity contribution in [2.45, 2.75) is 24.9 Å². The van der Waals surface area contributed by atoms with E-state index in [-0.39, 0.29) is 18.6 Å². The van der Waals surface area contributed by atoms with Crippen molar-refractivity contribution in [1.29, 1.82) is 0 Å². The van der Waals surface area contributed by atoms with Crippen LogP contribution < -0.4 is 9.47 Å². The minimum absolute atomic E-state index is 0.0270. The molecule has 1 aliphatic heterocycles. The Morgan fingerprint density at radius 3 is 2.62 bits per heavy atom. The van der Waals surface area contributed by atoms with Gasteiger partial charge in [0.25, 0.3) is 11.8 Å². The van der Waals surface area contributed by atoms with Crippen molar-refractivity contribution in [3.63, 3.8) is 0 Å². The van der Waals surface area contributed by atoms with Crippen LogP contribution in [0.5, 0.6) is 11.5 Å². The summed E-state index contributed by atoms with van der Waals surface area (Å²) >= 11 is 0. The summed E-state index contributed by atoms with van der Waals surface area (Å²) in [6.45, 7) is 1.09. The number of benzene rings is 2. The van der Waals surface area contributed by atoms with Gasteiger partial charge in [-0.25, -0.2) is 0 Å². The summed E-state index contributed by atoms with van der Waals surface area (Å²) in [5, 5.41) is 4.08. The number of rotatable bonds is 7. The van der Waals surface area contributed by atoms with Crippen LogP contribution in [-0.4, -0.2) is 46.7 Å². The maximum absolute atomic E-state index is 12.3. The summed E-state index contributed by atoms with van der Waals surface area (Å²) in [6.07, 6.45) is 2.18. The van der Waals surface area contributed by atoms with Gasteiger partial charge in [0.1, 0.15) is 17.6 Å². The van der Waals surface area contributed by atoms with E-state index < -0.39 is 0 Å². The van der Waals surface area contributed by atoms with E-state index in [1.807, 2.05) is 54.6 Å². The van der Waals surface area contributed by atoms with Gasteiger partial charge in [0, 0.05) is 5.92 Å². The van der Waals surface area contributed by atoms with Crippen LogP contribution in [0, 0.1) is 0 Å². The van der Waals surface area contributed by atoms with Crippen LogP contribution in [0.4, 0.5) is 0 Å². The first kappa shape index (κ1) is 17.7. The number of aromatic nitrogens is 2. The van der Waals surface area contributed by atoms with E-state index in [0.29, 0.717) is 36.4 Å². The van der Waals surface area contributed by atoms with Crippen molar-refractivity contribution in [2.75, 3.05) is 19.7 Å². The van der Waals surface area contributed by atoms with Crippen molar-refractivity contribution < 1.29 is 18.8 Å². The number of likely N-dealkylation sites (tertiary alicyclic amines) is 1. The Bertz CT molecular complexity index is 994. The molecule has 0 N–H and O–H groups in total. The molecule has 2 aromatic carbocycles. The SMILES string of the molecule is O=C(COc1ccccc1)N1CC(Oc2ccccc2-c2nc(C3CC3)no2)C1. The topological polar surface area (TPSA) is 77.7 Å². The number of carbonyl (C=O) groups is 1. The second kappa shape index (κ2) is 7.58. The van der Waals surface area contributed by atoms with Crippen molar-refractivity contribution in [2.24, 2.45) is 0 Å². The molecule has 3 aromatic rings. The first-order valence-corrected chi connectivity index (χ1v) is 9.81. The lowest BCUT2D eigenvalue weighted by molar-refractivity contribution is -0.142. The lowest BCUT2D eigenvalue weighted by Crippen LogP contribution is -2.57. The first-order valence-electron chi connectivity index (χ1n) is 9.81. The molecule has 2 aliphatic rings. The van der Waals surface area contributed by atoms with E-state index in [4.69, 9.17) is 14.0 Å². The van der Waals surface area contributed by atoms with Crippen molar-refractivity contribution >= 4 is 5.91 Å². The van der Waals surface area contributed by atoms with Gasteiger partial charge in [-0.15, -0.1) is 0 Å². The third-order valence-corrected chi connectivity index (χ3v) is 5.10. The van der Waals surface area contributed by atoms with E-state index in [1.165, 1.54) is 0 Å². The maximum atomic E-state index is 12.3. The van der Waals surface area contributed by atoms with Gasteiger partial charge in [-0.2, -0.15) is 4.98 Å². The predicted molar refractivity (Wildman–Crippen MR) is 105 cm³/mol. The van der Waals surface area contributed by atoms with Crippen molar-refractivity contribution in [3.05, 3.63) is 60.4 Å². The molecule has 5 rings (SSSR count). The average molecular weight is 391 g/mol. The Morgan fingerprint density at radius 1 is 1.07 bits per heavy atom. The van der Waals surface area contributed by atoms with E-state index in [0.717, 1.165) is 24.2 Å². The summed E-state index contributed by atoms with van der Waals surface area (Å²) in [7, 11) is 0. The summed E-state index contributed by atoms with van der Waals surface area (Å²) in [5.74, 6) is 3.02. The third kappa shape index (κ3) is 3.94. The quantitative estimate of drug-likeness (QED) is 0.615. The van der Waals surface area contributed by atoms with Gasteiger partial charge < -0.3 is 18.9 Å². The highest BCUT2D eigenvalue weighted by Gasteiger charge is 2.33. The molecule has 1 amide bonds. The molecule has 0 unspecified atom stereocenters. The molecule has 0 atom stereocenters. The largest absolute Gasteiger partial charge is 0.486 e. The van der Waals surface area contributed by atoms with Gasteiger partial charge >= 0.3 is 0 Å². The minimum atomic E-state index is -0.0670. The Hall–Kier alpha value is -3.35. The van der Waals surface area contributed by atoms with Crippen LogP contribution in [-0.2, 0) is 4.79 Å². The molecule has 2 fully saturated rings. The summed E-state index contributed by atoms with van der Waals surface area (Å²) in [6, 6.07) is 17.0. The Morgan fingerprint density at radius 2 is 1.83 bits per heavy atom. The van der Waals surface area contributed by atoms with E-state index in [2.05, 4.69) is 10.1 Å². The summed E-state index contributed by atoms with van der Waals surface area (Å²) in [4.78, 5) is 18.5. The van der Waals surface area contributed by atoms with Gasteiger partial charge in [0.15, 0.2) is 12.4 Å². The second-order valence-corrected chi connectivity index (χ2v) is 7.37. The Kier molecular flexibility index (Phi) is 4.63. The fourth-order valence-electron chi connectivity index (χ4n) is 3.25. The van der Waals surface area contributed by atoms with Gasteiger partial charge in [0.05, 0.1) is 18.7 Å². The third-order valence-electron chi connectivity index (χ3n) is 5.10. The predicted octanol–water partition coefficient (Wildman–Crippen LogP) is 3.28. The number of nitrogens with zero attached hydrogens (tertiary/aromatic N) is 3. The Balaban J connectivity index is 1.17. The first-order chi connectivity index (χ1) is 14.3. The fourth-order valence-corrected chi connectivity index (χ4v) is 3.25. The minimum Gasteiger partial charge on any atom is -0.486 e. The molecular weight excluding hydrogens is 370 g/mol. The van der Waals surface area contributed by atoms with E-state index in [1.54, 1.807) is 4.90 Å². The van der Waals surface area contributed by atoms with Crippen molar-refractivity contribution in [1.82, 2.24) is 15.0 Å². The highest BCUT2D eigenvalue weighted by molar-refractivity contribution is 5.78. The molecule has 1 saturated carbocycles. The number of ether oxygens (including phenoxy) is 2. The molecule has 1 aliphatic carbocycles. The fraction of sp³-hybridized carbons (Fsp3) is 0.318. The van der Waals surface area contributed by atoms with Crippen LogP contribution in [0.1, 0.15) is 24.6 Å². The van der Waals surface area contributed by atoms with E-state index >= 15 is 0 Å². The normalized spacial score (nSPS) is 16.3. The summed E-state index contributed by atoms with van der Waals surface area (Å²) in [5.41, 5.74) is 0.782. The number of hydrogen-bond acceptors (Lipinski definition) is 6. The molecular formula is C22H21N3O4.